The van der Waals surface area contributed by atoms with Crippen LogP contribution in [0.15, 0.2) is 29.2 Å². The summed E-state index contributed by atoms with van der Waals surface area (Å²) in [7, 11) is 0. The molecule has 0 spiro atoms. The first-order chi connectivity index (χ1) is 10.2. The molecule has 0 unspecified atom stereocenters. The second-order valence-corrected chi connectivity index (χ2v) is 5.29. The molecular weight excluding hydrogens is 268 g/mol. The van der Waals surface area contributed by atoms with Crippen molar-refractivity contribution in [3.05, 3.63) is 40.3 Å². The predicted octanol–water partition coefficient (Wildman–Crippen LogP) is -0.768. The molecule has 0 aliphatic carbocycles. The van der Waals surface area contributed by atoms with Crippen molar-refractivity contribution in [2.45, 2.75) is 6.92 Å². The van der Waals surface area contributed by atoms with Gasteiger partial charge in [-0.2, -0.15) is 0 Å². The van der Waals surface area contributed by atoms with Crippen LogP contribution in [-0.2, 0) is 0 Å². The Bertz CT molecular complexity index is 717. The zero-order valence-corrected chi connectivity index (χ0v) is 12.1. The Labute approximate surface area is 122 Å². The summed E-state index contributed by atoms with van der Waals surface area (Å²) in [6.45, 7) is 6.92. The number of pyridine rings is 1. The van der Waals surface area contributed by atoms with Crippen molar-refractivity contribution in [1.82, 2.24) is 9.38 Å². The number of rotatable bonds is 3. The number of piperazine rings is 1. The Morgan fingerprint density at radius 1 is 1.33 bits per heavy atom. The Morgan fingerprint density at radius 3 is 2.76 bits per heavy atom. The molecule has 0 aromatic carbocycles. The highest BCUT2D eigenvalue weighted by Crippen LogP contribution is 2.14. The molecule has 0 bridgehead atoms. The van der Waals surface area contributed by atoms with Crippen LogP contribution < -0.4 is 15.4 Å². The summed E-state index contributed by atoms with van der Waals surface area (Å²) in [6.07, 6.45) is 2.27. The van der Waals surface area contributed by atoms with Crippen molar-refractivity contribution in [2.75, 3.05) is 37.6 Å². The van der Waals surface area contributed by atoms with Gasteiger partial charge in [0.1, 0.15) is 17.0 Å². The molecule has 1 fully saturated rings. The van der Waals surface area contributed by atoms with Gasteiger partial charge in [-0.25, -0.2) is 4.98 Å². The van der Waals surface area contributed by atoms with Gasteiger partial charge in [0.05, 0.1) is 32.7 Å². The maximum absolute atomic E-state index is 12.4. The van der Waals surface area contributed by atoms with Crippen LogP contribution in [0.5, 0.6) is 0 Å². The number of aromatic nitrogens is 2. The fourth-order valence-electron chi connectivity index (χ4n) is 2.82. The maximum Gasteiger partial charge on any atom is 0.270 e. The van der Waals surface area contributed by atoms with E-state index in [9.17, 15) is 9.59 Å². The number of carbonyl (C=O) groups is 1. The van der Waals surface area contributed by atoms with Crippen molar-refractivity contribution in [1.29, 1.82) is 0 Å². The van der Waals surface area contributed by atoms with Crippen molar-refractivity contribution in [2.24, 2.45) is 0 Å². The minimum absolute atomic E-state index is 0.152. The molecule has 0 atom stereocenters. The van der Waals surface area contributed by atoms with Crippen LogP contribution in [0.25, 0.3) is 5.65 Å². The zero-order chi connectivity index (χ0) is 14.8. The third-order valence-corrected chi connectivity index (χ3v) is 4.14. The standard InChI is InChI=1S/C15H18N4O2/c1-2-17-7-9-18(10-8-17)14-12(11-20)15(21)19-6-4-3-5-13(19)16-14/h3-6,11H,2,7-10H2,1H3/p+1. The lowest BCUT2D eigenvalue weighted by Gasteiger charge is -2.32. The number of aldehydes is 1. The number of quaternary nitrogens is 1. The average Bonchev–Trinajstić information content (AvgIpc) is 2.55. The lowest BCUT2D eigenvalue weighted by molar-refractivity contribution is -0.898. The molecule has 3 heterocycles. The molecule has 0 amide bonds. The summed E-state index contributed by atoms with van der Waals surface area (Å²) in [5, 5.41) is 0. The molecule has 21 heavy (non-hydrogen) atoms. The minimum Gasteiger partial charge on any atom is -0.344 e. The molecule has 1 aliphatic rings. The van der Waals surface area contributed by atoms with E-state index in [1.54, 1.807) is 18.3 Å². The van der Waals surface area contributed by atoms with E-state index in [0.29, 0.717) is 17.8 Å². The lowest BCUT2D eigenvalue weighted by Crippen LogP contribution is -3.14. The van der Waals surface area contributed by atoms with Crippen LogP contribution in [0.3, 0.4) is 0 Å². The molecule has 1 aliphatic heterocycles. The van der Waals surface area contributed by atoms with E-state index in [1.807, 2.05) is 6.07 Å². The Balaban J connectivity index is 2.06. The topological polar surface area (TPSA) is 59.1 Å². The quantitative estimate of drug-likeness (QED) is 0.753. The molecule has 1 N–H and O–H groups in total. The van der Waals surface area contributed by atoms with Gasteiger partial charge in [-0.15, -0.1) is 0 Å². The fraction of sp³-hybridized carbons (Fsp3) is 0.400. The molecule has 110 valence electrons. The molecule has 6 heteroatoms. The smallest absolute Gasteiger partial charge is 0.270 e. The van der Waals surface area contributed by atoms with Crippen molar-refractivity contribution < 1.29 is 9.69 Å². The summed E-state index contributed by atoms with van der Waals surface area (Å²) in [4.78, 5) is 31.9. The van der Waals surface area contributed by atoms with Gasteiger partial charge in [-0.3, -0.25) is 14.0 Å². The minimum atomic E-state index is -0.295. The predicted molar refractivity (Wildman–Crippen MR) is 80.3 cm³/mol. The highest BCUT2D eigenvalue weighted by atomic mass is 16.1. The van der Waals surface area contributed by atoms with Crippen LogP contribution in [-0.4, -0.2) is 48.4 Å². The van der Waals surface area contributed by atoms with Crippen LogP contribution in [0.4, 0.5) is 5.82 Å². The average molecular weight is 287 g/mol. The Morgan fingerprint density at radius 2 is 2.10 bits per heavy atom. The number of hydrogen-bond donors (Lipinski definition) is 1. The number of nitrogens with one attached hydrogen (secondary N) is 1. The first kappa shape index (κ1) is 13.8. The van der Waals surface area contributed by atoms with Gasteiger partial charge < -0.3 is 9.80 Å². The SMILES string of the molecule is CC[NH+]1CCN(c2nc3ccccn3c(=O)c2C=O)CC1. The molecule has 1 saturated heterocycles. The fourth-order valence-corrected chi connectivity index (χ4v) is 2.82. The van der Waals surface area contributed by atoms with Crippen LogP contribution in [0.1, 0.15) is 17.3 Å². The van der Waals surface area contributed by atoms with Crippen LogP contribution >= 0.6 is 0 Å². The van der Waals surface area contributed by atoms with Gasteiger partial charge >= 0.3 is 0 Å². The van der Waals surface area contributed by atoms with Crippen molar-refractivity contribution >= 4 is 17.8 Å². The van der Waals surface area contributed by atoms with Crippen LogP contribution in [0, 0.1) is 0 Å². The molecule has 0 radical (unpaired) electrons. The third kappa shape index (κ3) is 2.42. The molecule has 2 aromatic heterocycles. The number of hydrogen-bond acceptors (Lipinski definition) is 4. The third-order valence-electron chi connectivity index (χ3n) is 4.14. The van der Waals surface area contributed by atoms with Gasteiger partial charge in [0.15, 0.2) is 6.29 Å². The Hall–Kier alpha value is -2.21. The molecule has 0 saturated carbocycles. The van der Waals surface area contributed by atoms with Crippen molar-refractivity contribution in [3.8, 4) is 0 Å². The van der Waals surface area contributed by atoms with Crippen molar-refractivity contribution in [3.63, 3.8) is 0 Å². The van der Waals surface area contributed by atoms with Gasteiger partial charge in [-0.05, 0) is 19.1 Å². The maximum atomic E-state index is 12.4. The highest BCUT2D eigenvalue weighted by molar-refractivity contribution is 5.83. The molecule has 6 nitrogen and oxygen atoms in total. The second-order valence-electron chi connectivity index (χ2n) is 5.29. The van der Waals surface area contributed by atoms with E-state index in [-0.39, 0.29) is 11.1 Å². The number of likely N-dealkylation sites (N-methyl/N-ethyl adjacent to an activating group) is 1. The van der Waals surface area contributed by atoms with E-state index in [4.69, 9.17) is 0 Å². The van der Waals surface area contributed by atoms with Crippen LogP contribution in [0.2, 0.25) is 0 Å². The van der Waals surface area contributed by atoms with E-state index in [0.717, 1.165) is 32.7 Å². The molecule has 2 aromatic rings. The van der Waals surface area contributed by atoms with E-state index in [1.165, 1.54) is 9.30 Å². The van der Waals surface area contributed by atoms with E-state index < -0.39 is 0 Å². The summed E-state index contributed by atoms with van der Waals surface area (Å²) >= 11 is 0. The van der Waals surface area contributed by atoms with E-state index >= 15 is 0 Å². The highest BCUT2D eigenvalue weighted by Gasteiger charge is 2.23. The number of anilines is 1. The monoisotopic (exact) mass is 287 g/mol. The first-order valence-corrected chi connectivity index (χ1v) is 7.29. The summed E-state index contributed by atoms with van der Waals surface area (Å²) in [6, 6.07) is 5.38. The first-order valence-electron chi connectivity index (χ1n) is 7.29. The second kappa shape index (κ2) is 5.65. The molecule has 3 rings (SSSR count). The van der Waals surface area contributed by atoms with Gasteiger partial charge in [0, 0.05) is 6.20 Å². The number of fused-ring (bicyclic) bond motifs is 1. The lowest BCUT2D eigenvalue weighted by atomic mass is 10.2. The summed E-state index contributed by atoms with van der Waals surface area (Å²) in [5.74, 6) is 0.524. The normalized spacial score (nSPS) is 16.3. The Kier molecular flexibility index (Phi) is 3.70. The molecular formula is C15H19N4O2+. The van der Waals surface area contributed by atoms with Gasteiger partial charge in [0.2, 0.25) is 0 Å². The number of nitrogens with zero attached hydrogens (tertiary/aromatic N) is 3. The largest absolute Gasteiger partial charge is 0.344 e. The summed E-state index contributed by atoms with van der Waals surface area (Å²) in [5.41, 5.74) is 0.433. The zero-order valence-electron chi connectivity index (χ0n) is 12.1. The van der Waals surface area contributed by atoms with E-state index in [2.05, 4.69) is 16.8 Å². The van der Waals surface area contributed by atoms with Gasteiger partial charge in [-0.1, -0.05) is 6.07 Å². The number of carbonyl (C=O) groups excluding carboxylic acids is 1. The van der Waals surface area contributed by atoms with Gasteiger partial charge in [0.25, 0.3) is 5.56 Å². The summed E-state index contributed by atoms with van der Waals surface area (Å²) < 4.78 is 1.42.